The van der Waals surface area contributed by atoms with Crippen LogP contribution in [-0.2, 0) is 0 Å². The minimum atomic E-state index is 1.17. The van der Waals surface area contributed by atoms with Gasteiger partial charge in [-0.05, 0) is 32.5 Å². The summed E-state index contributed by atoms with van der Waals surface area (Å²) in [5.41, 5.74) is 0. The van der Waals surface area contributed by atoms with Gasteiger partial charge < -0.3 is 15.5 Å². The molecule has 3 nitrogen and oxygen atoms in total. The van der Waals surface area contributed by atoms with Gasteiger partial charge >= 0.3 is 0 Å². The predicted molar refractivity (Wildman–Crippen MR) is 61.7 cm³/mol. The Hall–Kier alpha value is -0.120. The number of nitrogens with zero attached hydrogens (tertiary/aromatic N) is 1. The summed E-state index contributed by atoms with van der Waals surface area (Å²) in [6.45, 7) is 10.7. The maximum Gasteiger partial charge on any atom is 0.0107 e. The first-order valence-electron chi connectivity index (χ1n) is 6.07. The summed E-state index contributed by atoms with van der Waals surface area (Å²) in [7, 11) is 0. The third kappa shape index (κ3) is 5.58. The predicted octanol–water partition coefficient (Wildman–Crippen LogP) is 0.671. The van der Waals surface area contributed by atoms with Crippen LogP contribution in [0.4, 0.5) is 0 Å². The fourth-order valence-corrected chi connectivity index (χ4v) is 1.79. The van der Waals surface area contributed by atoms with Crippen LogP contribution in [0.1, 0.15) is 26.2 Å². The highest BCUT2D eigenvalue weighted by molar-refractivity contribution is 4.67. The lowest BCUT2D eigenvalue weighted by molar-refractivity contribution is 0.237. The van der Waals surface area contributed by atoms with Crippen LogP contribution in [0.25, 0.3) is 0 Å². The molecular weight excluding hydrogens is 174 g/mol. The molecule has 84 valence electrons. The van der Waals surface area contributed by atoms with Crippen LogP contribution in [0.2, 0.25) is 0 Å². The molecule has 1 saturated heterocycles. The molecule has 0 aromatic rings. The number of piperazine rings is 1. The van der Waals surface area contributed by atoms with Crippen LogP contribution >= 0.6 is 0 Å². The number of unbranched alkanes of at least 4 members (excludes halogenated alkanes) is 1. The lowest BCUT2D eigenvalue weighted by Crippen LogP contribution is -2.44. The van der Waals surface area contributed by atoms with Crippen molar-refractivity contribution in [2.75, 3.05) is 45.8 Å². The van der Waals surface area contributed by atoms with Gasteiger partial charge in [-0.3, -0.25) is 0 Å². The summed E-state index contributed by atoms with van der Waals surface area (Å²) in [5.74, 6) is 0. The van der Waals surface area contributed by atoms with E-state index in [2.05, 4.69) is 22.5 Å². The van der Waals surface area contributed by atoms with Crippen LogP contribution in [0.5, 0.6) is 0 Å². The van der Waals surface area contributed by atoms with Crippen molar-refractivity contribution in [2.45, 2.75) is 26.2 Å². The summed E-state index contributed by atoms with van der Waals surface area (Å²) >= 11 is 0. The fourth-order valence-electron chi connectivity index (χ4n) is 1.79. The van der Waals surface area contributed by atoms with Crippen molar-refractivity contribution in [3.63, 3.8) is 0 Å². The van der Waals surface area contributed by atoms with Crippen molar-refractivity contribution in [3.05, 3.63) is 0 Å². The molecule has 1 fully saturated rings. The largest absolute Gasteiger partial charge is 0.317 e. The van der Waals surface area contributed by atoms with Crippen LogP contribution in [0.15, 0.2) is 0 Å². The normalized spacial score (nSPS) is 18.6. The van der Waals surface area contributed by atoms with Gasteiger partial charge in [0, 0.05) is 26.2 Å². The van der Waals surface area contributed by atoms with Crippen molar-refractivity contribution >= 4 is 0 Å². The molecule has 0 saturated carbocycles. The van der Waals surface area contributed by atoms with Gasteiger partial charge in [-0.15, -0.1) is 0 Å². The second-order valence-electron chi connectivity index (χ2n) is 4.05. The Balaban J connectivity index is 1.82. The molecule has 0 aliphatic carbocycles. The minimum absolute atomic E-state index is 1.17. The van der Waals surface area contributed by atoms with E-state index in [0.717, 1.165) is 0 Å². The van der Waals surface area contributed by atoms with Gasteiger partial charge in [-0.2, -0.15) is 0 Å². The van der Waals surface area contributed by atoms with Gasteiger partial charge in [0.2, 0.25) is 0 Å². The molecule has 0 radical (unpaired) electrons. The summed E-state index contributed by atoms with van der Waals surface area (Å²) in [6, 6.07) is 0. The first-order chi connectivity index (χ1) is 6.93. The molecule has 0 unspecified atom stereocenters. The highest BCUT2D eigenvalue weighted by Crippen LogP contribution is 1.93. The topological polar surface area (TPSA) is 27.3 Å². The van der Waals surface area contributed by atoms with E-state index in [-0.39, 0.29) is 0 Å². The maximum atomic E-state index is 3.48. The second kappa shape index (κ2) is 8.21. The molecule has 2 N–H and O–H groups in total. The standard InChI is InChI=1S/C11H25N3/c1-2-3-5-12-6-4-9-14-10-7-13-8-11-14/h12-13H,2-11H2,1H3. The average Bonchev–Trinajstić information content (AvgIpc) is 2.25. The first kappa shape index (κ1) is 12.0. The maximum absolute atomic E-state index is 3.48. The molecule has 1 aliphatic heterocycles. The molecule has 0 spiro atoms. The van der Waals surface area contributed by atoms with Crippen molar-refractivity contribution in [2.24, 2.45) is 0 Å². The van der Waals surface area contributed by atoms with Crippen LogP contribution in [0, 0.1) is 0 Å². The molecule has 0 aromatic carbocycles. The quantitative estimate of drug-likeness (QED) is 0.590. The van der Waals surface area contributed by atoms with E-state index >= 15 is 0 Å². The van der Waals surface area contributed by atoms with Crippen molar-refractivity contribution in [1.29, 1.82) is 0 Å². The van der Waals surface area contributed by atoms with Crippen molar-refractivity contribution in [1.82, 2.24) is 15.5 Å². The lowest BCUT2D eigenvalue weighted by atomic mass is 10.3. The van der Waals surface area contributed by atoms with E-state index in [1.807, 2.05) is 0 Å². The van der Waals surface area contributed by atoms with E-state index in [4.69, 9.17) is 0 Å². The van der Waals surface area contributed by atoms with Gasteiger partial charge in [-0.1, -0.05) is 13.3 Å². The second-order valence-corrected chi connectivity index (χ2v) is 4.05. The average molecular weight is 199 g/mol. The van der Waals surface area contributed by atoms with Crippen LogP contribution < -0.4 is 10.6 Å². The molecule has 1 aliphatic rings. The minimum Gasteiger partial charge on any atom is -0.317 e. The summed E-state index contributed by atoms with van der Waals surface area (Å²) in [5, 5.41) is 6.86. The monoisotopic (exact) mass is 199 g/mol. The molecule has 3 heteroatoms. The Morgan fingerprint density at radius 3 is 2.57 bits per heavy atom. The number of rotatable bonds is 7. The molecule has 0 atom stereocenters. The zero-order valence-corrected chi connectivity index (χ0v) is 9.52. The Labute approximate surface area is 88.2 Å². The Morgan fingerprint density at radius 1 is 1.14 bits per heavy atom. The zero-order chi connectivity index (χ0) is 10.1. The zero-order valence-electron chi connectivity index (χ0n) is 9.52. The fraction of sp³-hybridized carbons (Fsp3) is 1.00. The highest BCUT2D eigenvalue weighted by Gasteiger charge is 2.07. The molecule has 1 heterocycles. The van der Waals surface area contributed by atoms with E-state index in [0.29, 0.717) is 0 Å². The first-order valence-corrected chi connectivity index (χ1v) is 6.07. The molecule has 0 amide bonds. The Kier molecular flexibility index (Phi) is 7.01. The Bertz CT molecular complexity index is 122. The molecular formula is C11H25N3. The van der Waals surface area contributed by atoms with E-state index in [1.165, 1.54) is 65.1 Å². The molecule has 1 rings (SSSR count). The van der Waals surface area contributed by atoms with Gasteiger partial charge in [-0.25, -0.2) is 0 Å². The smallest absolute Gasteiger partial charge is 0.0107 e. The van der Waals surface area contributed by atoms with E-state index < -0.39 is 0 Å². The third-order valence-corrected chi connectivity index (χ3v) is 2.74. The van der Waals surface area contributed by atoms with Crippen LogP contribution in [-0.4, -0.2) is 50.7 Å². The van der Waals surface area contributed by atoms with Crippen LogP contribution in [0.3, 0.4) is 0 Å². The number of hydrogen-bond acceptors (Lipinski definition) is 3. The summed E-state index contributed by atoms with van der Waals surface area (Å²) < 4.78 is 0. The number of hydrogen-bond donors (Lipinski definition) is 2. The Morgan fingerprint density at radius 2 is 1.86 bits per heavy atom. The van der Waals surface area contributed by atoms with Gasteiger partial charge in [0.25, 0.3) is 0 Å². The SMILES string of the molecule is CCCCNCCCN1CCNCC1. The highest BCUT2D eigenvalue weighted by atomic mass is 15.2. The van der Waals surface area contributed by atoms with Gasteiger partial charge in [0.05, 0.1) is 0 Å². The molecule has 0 bridgehead atoms. The third-order valence-electron chi connectivity index (χ3n) is 2.74. The van der Waals surface area contributed by atoms with Crippen molar-refractivity contribution in [3.8, 4) is 0 Å². The summed E-state index contributed by atoms with van der Waals surface area (Å²) in [4.78, 5) is 2.55. The summed E-state index contributed by atoms with van der Waals surface area (Å²) in [6.07, 6.45) is 3.90. The van der Waals surface area contributed by atoms with Crippen molar-refractivity contribution < 1.29 is 0 Å². The van der Waals surface area contributed by atoms with Gasteiger partial charge in [0.1, 0.15) is 0 Å². The number of nitrogens with one attached hydrogen (secondary N) is 2. The van der Waals surface area contributed by atoms with Gasteiger partial charge in [0.15, 0.2) is 0 Å². The lowest BCUT2D eigenvalue weighted by Gasteiger charge is -2.27. The molecule has 0 aromatic heterocycles. The molecule has 14 heavy (non-hydrogen) atoms. The van der Waals surface area contributed by atoms with E-state index in [9.17, 15) is 0 Å². The van der Waals surface area contributed by atoms with E-state index in [1.54, 1.807) is 0 Å².